The summed E-state index contributed by atoms with van der Waals surface area (Å²) in [5.74, 6) is 0. The van der Waals surface area contributed by atoms with Crippen LogP contribution in [0, 0.1) is 0 Å². The second-order valence-corrected chi connectivity index (χ2v) is 1.45. The van der Waals surface area contributed by atoms with Gasteiger partial charge >= 0.3 is 40.4 Å². The first kappa shape index (κ1) is 5.49. The number of hydrogen-bond donors (Lipinski definition) is 0. The van der Waals surface area contributed by atoms with Gasteiger partial charge in [0.25, 0.3) is 0 Å². The Bertz CT molecular complexity index is 20.9. The van der Waals surface area contributed by atoms with Crippen molar-refractivity contribution in [3.8, 4) is 0 Å². The molecule has 0 aliphatic heterocycles. The maximum absolute atomic E-state index is 4.62. The van der Waals surface area contributed by atoms with E-state index in [1.54, 1.807) is 0 Å². The van der Waals surface area contributed by atoms with Crippen molar-refractivity contribution in [2.45, 2.75) is 20.0 Å². The molecule has 0 bridgehead atoms. The summed E-state index contributed by atoms with van der Waals surface area (Å²) in [7, 11) is 0. The van der Waals surface area contributed by atoms with E-state index < -0.39 is 0 Å². The molecule has 0 heterocycles. The fourth-order valence-electron chi connectivity index (χ4n) is 0. The van der Waals surface area contributed by atoms with Crippen LogP contribution in [0.15, 0.2) is 0 Å². The van der Waals surface area contributed by atoms with Gasteiger partial charge in [-0.15, -0.1) is 0 Å². The van der Waals surface area contributed by atoms with Gasteiger partial charge in [0.05, 0.1) is 0 Å². The third-order valence-electron chi connectivity index (χ3n) is 0.192. The van der Waals surface area contributed by atoms with Crippen molar-refractivity contribution in [1.29, 1.82) is 0 Å². The minimum absolute atomic E-state index is 0.329. The molecular formula is C3H7CrO. The van der Waals surface area contributed by atoms with E-state index in [1.165, 1.54) is 0 Å². The molecule has 0 saturated heterocycles. The zero-order valence-corrected chi connectivity index (χ0v) is 4.67. The van der Waals surface area contributed by atoms with Crippen LogP contribution < -0.4 is 0 Å². The summed E-state index contributed by atoms with van der Waals surface area (Å²) in [6.45, 7) is 3.94. The minimum atomic E-state index is 0.329. The first-order valence-corrected chi connectivity index (χ1v) is 2.08. The molecule has 31 valence electrons. The molecule has 0 N–H and O–H groups in total. The SMILES string of the molecule is CC(C)[O][Cr]. The van der Waals surface area contributed by atoms with Crippen molar-refractivity contribution in [1.82, 2.24) is 0 Å². The van der Waals surface area contributed by atoms with Crippen LogP contribution in [0.2, 0.25) is 0 Å². The van der Waals surface area contributed by atoms with Gasteiger partial charge in [-0.1, -0.05) is 0 Å². The van der Waals surface area contributed by atoms with Crippen LogP contribution in [0.25, 0.3) is 0 Å². The molecule has 1 nitrogen and oxygen atoms in total. The monoisotopic (exact) mass is 111 g/mol. The van der Waals surface area contributed by atoms with Crippen LogP contribution in [0.4, 0.5) is 0 Å². The van der Waals surface area contributed by atoms with Crippen molar-refractivity contribution in [3.63, 3.8) is 0 Å². The predicted molar refractivity (Wildman–Crippen MR) is 16.2 cm³/mol. The van der Waals surface area contributed by atoms with Crippen LogP contribution >= 0.6 is 0 Å². The third-order valence-corrected chi connectivity index (χ3v) is 0.793. The summed E-state index contributed by atoms with van der Waals surface area (Å²) in [6, 6.07) is 0. The molecule has 0 amide bonds. The summed E-state index contributed by atoms with van der Waals surface area (Å²) in [4.78, 5) is 0. The van der Waals surface area contributed by atoms with Crippen molar-refractivity contribution in [3.05, 3.63) is 0 Å². The quantitative estimate of drug-likeness (QED) is 0.488. The van der Waals surface area contributed by atoms with Gasteiger partial charge in [-0.05, 0) is 0 Å². The van der Waals surface area contributed by atoms with Crippen molar-refractivity contribution >= 4 is 0 Å². The molecule has 5 heavy (non-hydrogen) atoms. The first-order chi connectivity index (χ1) is 2.27. The molecule has 0 radical (unpaired) electrons. The van der Waals surface area contributed by atoms with Crippen LogP contribution in [0.5, 0.6) is 0 Å². The van der Waals surface area contributed by atoms with E-state index in [-0.39, 0.29) is 0 Å². The zero-order chi connectivity index (χ0) is 4.28. The number of hydrogen-bond acceptors (Lipinski definition) is 1. The molecule has 0 aliphatic rings. The molecule has 0 spiro atoms. The third kappa shape index (κ3) is 4.49. The normalized spacial score (nSPS) is 9.40. The van der Waals surface area contributed by atoms with E-state index >= 15 is 0 Å². The van der Waals surface area contributed by atoms with Gasteiger partial charge in [0, 0.05) is 0 Å². The second kappa shape index (κ2) is 2.72. The molecule has 0 unspecified atom stereocenters. The Hall–Kier alpha value is 0.492. The molecule has 0 aromatic rings. The van der Waals surface area contributed by atoms with E-state index in [0.717, 1.165) is 0 Å². The Balaban J connectivity index is 2.54. The fraction of sp³-hybridized carbons (Fsp3) is 1.00. The Morgan fingerprint density at radius 3 is 1.80 bits per heavy atom. The molecule has 0 atom stereocenters. The number of rotatable bonds is 1. The van der Waals surface area contributed by atoms with Gasteiger partial charge in [0.1, 0.15) is 0 Å². The van der Waals surface area contributed by atoms with Crippen LogP contribution in [-0.2, 0) is 20.4 Å². The Morgan fingerprint density at radius 1 is 1.60 bits per heavy atom. The Morgan fingerprint density at radius 2 is 1.80 bits per heavy atom. The topological polar surface area (TPSA) is 9.23 Å². The molecule has 0 aromatic heterocycles. The predicted octanol–water partition coefficient (Wildman–Crippen LogP) is 0.873. The Labute approximate surface area is 41.1 Å². The summed E-state index contributed by atoms with van der Waals surface area (Å²) >= 11 is 2.44. The first-order valence-electron chi connectivity index (χ1n) is 1.56. The molecular weight excluding hydrogens is 104 g/mol. The summed E-state index contributed by atoms with van der Waals surface area (Å²) in [5.41, 5.74) is 0. The van der Waals surface area contributed by atoms with Crippen LogP contribution in [0.1, 0.15) is 13.8 Å². The van der Waals surface area contributed by atoms with Crippen molar-refractivity contribution in [2.75, 3.05) is 0 Å². The van der Waals surface area contributed by atoms with E-state index in [9.17, 15) is 0 Å². The van der Waals surface area contributed by atoms with Gasteiger partial charge in [-0.25, -0.2) is 0 Å². The van der Waals surface area contributed by atoms with Gasteiger partial charge in [-0.3, -0.25) is 0 Å². The van der Waals surface area contributed by atoms with Gasteiger partial charge in [0.2, 0.25) is 0 Å². The molecule has 0 rings (SSSR count). The molecule has 0 aliphatic carbocycles. The second-order valence-electron chi connectivity index (χ2n) is 1.14. The summed E-state index contributed by atoms with van der Waals surface area (Å²) < 4.78 is 4.62. The fourth-order valence-corrected chi connectivity index (χ4v) is 0. The zero-order valence-electron chi connectivity index (χ0n) is 3.39. The van der Waals surface area contributed by atoms with Gasteiger partial charge in [0.15, 0.2) is 0 Å². The average Bonchev–Trinajstić information content (AvgIpc) is 1.38. The maximum atomic E-state index is 4.62. The molecule has 2 heteroatoms. The van der Waals surface area contributed by atoms with Crippen LogP contribution in [-0.4, -0.2) is 6.10 Å². The van der Waals surface area contributed by atoms with E-state index in [4.69, 9.17) is 0 Å². The van der Waals surface area contributed by atoms with Crippen molar-refractivity contribution in [2.24, 2.45) is 0 Å². The van der Waals surface area contributed by atoms with Gasteiger partial charge < -0.3 is 0 Å². The molecule has 0 saturated carbocycles. The van der Waals surface area contributed by atoms with E-state index in [2.05, 4.69) is 20.4 Å². The summed E-state index contributed by atoms with van der Waals surface area (Å²) in [6.07, 6.45) is 0.329. The van der Waals surface area contributed by atoms with E-state index in [0.29, 0.717) is 6.10 Å². The van der Waals surface area contributed by atoms with Gasteiger partial charge in [-0.2, -0.15) is 0 Å². The molecule has 0 fully saturated rings. The molecule has 0 aromatic carbocycles. The van der Waals surface area contributed by atoms with Crippen molar-refractivity contribution < 1.29 is 20.4 Å². The van der Waals surface area contributed by atoms with E-state index in [1.807, 2.05) is 13.8 Å². The van der Waals surface area contributed by atoms with Crippen LogP contribution in [0.3, 0.4) is 0 Å². The average molecular weight is 111 g/mol. The Kier molecular flexibility index (Phi) is 2.98. The standard InChI is InChI=1S/C3H7O.Cr/c1-3(2)4;/h3H,1-2H3;/q-1;+1. The summed E-state index contributed by atoms with van der Waals surface area (Å²) in [5, 5.41) is 0.